The lowest BCUT2D eigenvalue weighted by Gasteiger charge is -1.93. The molecule has 60 valence electrons. The van der Waals surface area contributed by atoms with Crippen LogP contribution >= 0.6 is 11.3 Å². The zero-order valence-corrected chi connectivity index (χ0v) is 7.21. The van der Waals surface area contributed by atoms with Gasteiger partial charge >= 0.3 is 0 Å². The van der Waals surface area contributed by atoms with Crippen molar-refractivity contribution < 1.29 is 0 Å². The van der Waals surface area contributed by atoms with Crippen molar-refractivity contribution >= 4 is 16.3 Å². The predicted octanol–water partition coefficient (Wildman–Crippen LogP) is 2.39. The van der Waals surface area contributed by atoms with E-state index in [2.05, 4.69) is 4.98 Å². The van der Waals surface area contributed by atoms with E-state index < -0.39 is 0 Å². The molecule has 2 nitrogen and oxygen atoms in total. The van der Waals surface area contributed by atoms with E-state index >= 15 is 0 Å². The molecule has 0 bridgehead atoms. The number of anilines is 1. The number of nitrogens with zero attached hydrogens (tertiary/aromatic N) is 1. The van der Waals surface area contributed by atoms with Crippen molar-refractivity contribution in [2.45, 2.75) is 0 Å². The van der Waals surface area contributed by atoms with Crippen molar-refractivity contribution in [3.63, 3.8) is 0 Å². The first kappa shape index (κ1) is 7.31. The third-order valence-corrected chi connectivity index (χ3v) is 2.38. The third-order valence-electron chi connectivity index (χ3n) is 1.61. The highest BCUT2D eigenvalue weighted by Gasteiger charge is 1.98. The van der Waals surface area contributed by atoms with Crippen LogP contribution in [0.1, 0.15) is 0 Å². The normalized spacial score (nSPS) is 10.0. The quantitative estimate of drug-likeness (QED) is 0.724. The maximum absolute atomic E-state index is 5.61. The molecule has 2 aromatic rings. The van der Waals surface area contributed by atoms with E-state index in [1.807, 2.05) is 29.8 Å². The largest absolute Gasteiger partial charge is 0.391 e. The molecule has 0 amide bonds. The second kappa shape index (κ2) is 2.95. The Morgan fingerprint density at radius 1 is 1.33 bits per heavy atom. The average molecular weight is 176 g/mol. The van der Waals surface area contributed by atoms with Gasteiger partial charge in [-0.25, -0.2) is 0 Å². The van der Waals surface area contributed by atoms with Gasteiger partial charge in [0.05, 0.1) is 5.00 Å². The van der Waals surface area contributed by atoms with Gasteiger partial charge in [0.25, 0.3) is 0 Å². The molecule has 0 radical (unpaired) electrons. The van der Waals surface area contributed by atoms with Gasteiger partial charge in [0, 0.05) is 23.3 Å². The van der Waals surface area contributed by atoms with E-state index in [0.29, 0.717) is 0 Å². The van der Waals surface area contributed by atoms with Gasteiger partial charge < -0.3 is 5.73 Å². The van der Waals surface area contributed by atoms with Crippen molar-refractivity contribution in [2.24, 2.45) is 0 Å². The van der Waals surface area contributed by atoms with Crippen molar-refractivity contribution in [2.75, 3.05) is 5.73 Å². The van der Waals surface area contributed by atoms with Crippen LogP contribution in [0.4, 0.5) is 5.00 Å². The van der Waals surface area contributed by atoms with Crippen LogP contribution in [0, 0.1) is 0 Å². The molecule has 2 N–H and O–H groups in total. The minimum Gasteiger partial charge on any atom is -0.391 e. The Morgan fingerprint density at radius 2 is 2.25 bits per heavy atom. The van der Waals surface area contributed by atoms with Gasteiger partial charge in [0.1, 0.15) is 0 Å². The van der Waals surface area contributed by atoms with Gasteiger partial charge in [-0.05, 0) is 17.7 Å². The highest BCUT2D eigenvalue weighted by molar-refractivity contribution is 7.14. The molecule has 12 heavy (non-hydrogen) atoms. The minimum atomic E-state index is 0.842. The number of nitrogens with two attached hydrogens (primary N) is 1. The number of nitrogen functional groups attached to an aromatic ring is 1. The van der Waals surface area contributed by atoms with Crippen LogP contribution in [0.3, 0.4) is 0 Å². The standard InChI is InChI=1S/C9H8N2S/c10-9-4-8(6-12-9)7-2-1-3-11-5-7/h1-6H,10H2. The number of pyridine rings is 1. The number of thiophene rings is 1. The second-order valence-corrected chi connectivity index (χ2v) is 3.42. The van der Waals surface area contributed by atoms with Gasteiger partial charge in [-0.15, -0.1) is 11.3 Å². The van der Waals surface area contributed by atoms with Crippen molar-refractivity contribution in [1.82, 2.24) is 4.98 Å². The fraction of sp³-hybridized carbons (Fsp3) is 0. The molecule has 2 aromatic heterocycles. The summed E-state index contributed by atoms with van der Waals surface area (Å²) in [6.07, 6.45) is 3.60. The van der Waals surface area contributed by atoms with Crippen LogP contribution in [-0.2, 0) is 0 Å². The number of aromatic nitrogens is 1. The Morgan fingerprint density at radius 3 is 2.83 bits per heavy atom. The summed E-state index contributed by atoms with van der Waals surface area (Å²) in [7, 11) is 0. The Kier molecular flexibility index (Phi) is 1.80. The van der Waals surface area contributed by atoms with Crippen molar-refractivity contribution in [1.29, 1.82) is 0 Å². The molecule has 0 spiro atoms. The lowest BCUT2D eigenvalue weighted by atomic mass is 10.2. The van der Waals surface area contributed by atoms with E-state index in [-0.39, 0.29) is 0 Å². The summed E-state index contributed by atoms with van der Waals surface area (Å²) in [6.45, 7) is 0. The predicted molar refractivity (Wildman–Crippen MR) is 52.0 cm³/mol. The highest BCUT2D eigenvalue weighted by atomic mass is 32.1. The lowest BCUT2D eigenvalue weighted by Crippen LogP contribution is -1.76. The average Bonchev–Trinajstić information content (AvgIpc) is 2.54. The van der Waals surface area contributed by atoms with Gasteiger partial charge in [-0.3, -0.25) is 4.98 Å². The van der Waals surface area contributed by atoms with E-state index in [0.717, 1.165) is 16.1 Å². The fourth-order valence-corrected chi connectivity index (χ4v) is 1.70. The number of hydrogen-bond acceptors (Lipinski definition) is 3. The summed E-state index contributed by atoms with van der Waals surface area (Å²) in [4.78, 5) is 4.03. The van der Waals surface area contributed by atoms with Gasteiger partial charge in [-0.2, -0.15) is 0 Å². The number of rotatable bonds is 1. The summed E-state index contributed by atoms with van der Waals surface area (Å²) in [5.41, 5.74) is 7.87. The lowest BCUT2D eigenvalue weighted by molar-refractivity contribution is 1.33. The van der Waals surface area contributed by atoms with Crippen molar-refractivity contribution in [3.05, 3.63) is 36.0 Å². The van der Waals surface area contributed by atoms with Crippen LogP contribution < -0.4 is 5.73 Å². The molecular weight excluding hydrogens is 168 g/mol. The van der Waals surface area contributed by atoms with E-state index in [1.165, 1.54) is 0 Å². The topological polar surface area (TPSA) is 38.9 Å². The smallest absolute Gasteiger partial charge is 0.0862 e. The summed E-state index contributed by atoms with van der Waals surface area (Å²) in [5.74, 6) is 0. The van der Waals surface area contributed by atoms with Gasteiger partial charge in [-0.1, -0.05) is 6.07 Å². The third kappa shape index (κ3) is 1.31. The van der Waals surface area contributed by atoms with Crippen molar-refractivity contribution in [3.8, 4) is 11.1 Å². The van der Waals surface area contributed by atoms with Gasteiger partial charge in [0.15, 0.2) is 0 Å². The fourth-order valence-electron chi connectivity index (χ4n) is 1.04. The molecular formula is C9H8N2S. The summed E-state index contributed by atoms with van der Waals surface area (Å²) in [6, 6.07) is 5.90. The SMILES string of the molecule is Nc1cc(-c2cccnc2)cs1. The Hall–Kier alpha value is -1.35. The molecule has 2 rings (SSSR count). The zero-order valence-electron chi connectivity index (χ0n) is 6.40. The van der Waals surface area contributed by atoms with Crippen LogP contribution in [-0.4, -0.2) is 4.98 Å². The first-order valence-corrected chi connectivity index (χ1v) is 4.48. The van der Waals surface area contributed by atoms with Crippen LogP contribution in [0.25, 0.3) is 11.1 Å². The highest BCUT2D eigenvalue weighted by Crippen LogP contribution is 2.25. The number of hydrogen-bond donors (Lipinski definition) is 1. The maximum Gasteiger partial charge on any atom is 0.0862 e. The molecule has 0 atom stereocenters. The molecule has 0 saturated heterocycles. The Balaban J connectivity index is 2.45. The molecule has 0 saturated carbocycles. The molecule has 0 aliphatic carbocycles. The first-order valence-electron chi connectivity index (χ1n) is 3.60. The van der Waals surface area contributed by atoms with E-state index in [4.69, 9.17) is 5.73 Å². The molecule has 0 aliphatic rings. The monoisotopic (exact) mass is 176 g/mol. The molecule has 0 fully saturated rings. The Labute approximate surface area is 74.7 Å². The molecule has 2 heterocycles. The van der Waals surface area contributed by atoms with Crippen LogP contribution in [0.2, 0.25) is 0 Å². The minimum absolute atomic E-state index is 0.842. The molecule has 0 aromatic carbocycles. The summed E-state index contributed by atoms with van der Waals surface area (Å²) in [5, 5.41) is 2.88. The Bertz CT molecular complexity index is 367. The van der Waals surface area contributed by atoms with E-state index in [1.54, 1.807) is 17.5 Å². The zero-order chi connectivity index (χ0) is 8.39. The molecule has 0 aliphatic heterocycles. The molecule has 0 unspecified atom stereocenters. The second-order valence-electron chi connectivity index (χ2n) is 2.48. The summed E-state index contributed by atoms with van der Waals surface area (Å²) < 4.78 is 0. The van der Waals surface area contributed by atoms with Crippen LogP contribution in [0.15, 0.2) is 36.0 Å². The summed E-state index contributed by atoms with van der Waals surface area (Å²) >= 11 is 1.55. The van der Waals surface area contributed by atoms with Crippen LogP contribution in [0.5, 0.6) is 0 Å². The maximum atomic E-state index is 5.61. The molecule has 3 heteroatoms. The van der Waals surface area contributed by atoms with Gasteiger partial charge in [0.2, 0.25) is 0 Å². The van der Waals surface area contributed by atoms with E-state index in [9.17, 15) is 0 Å². The first-order chi connectivity index (χ1) is 5.86.